The first-order valence-electron chi connectivity index (χ1n) is 9.21. The van der Waals surface area contributed by atoms with E-state index in [-0.39, 0.29) is 11.8 Å². The molecule has 6 heteroatoms. The van der Waals surface area contributed by atoms with Crippen molar-refractivity contribution in [2.45, 2.75) is 12.8 Å². The Kier molecular flexibility index (Phi) is 6.44. The maximum Gasteiger partial charge on any atom is 0.255 e. The minimum atomic E-state index is -0.199. The summed E-state index contributed by atoms with van der Waals surface area (Å²) >= 11 is 0. The lowest BCUT2D eigenvalue weighted by Crippen LogP contribution is -2.26. The smallest absolute Gasteiger partial charge is 0.255 e. The summed E-state index contributed by atoms with van der Waals surface area (Å²) in [5.74, 6) is -0.383. The zero-order valence-corrected chi connectivity index (χ0v) is 15.5. The number of anilines is 2. The van der Waals surface area contributed by atoms with Gasteiger partial charge in [0.15, 0.2) is 0 Å². The third-order valence-corrected chi connectivity index (χ3v) is 4.60. The van der Waals surface area contributed by atoms with Gasteiger partial charge in [0.05, 0.1) is 6.61 Å². The van der Waals surface area contributed by atoms with Gasteiger partial charge in [0, 0.05) is 49.2 Å². The minimum absolute atomic E-state index is 0.184. The summed E-state index contributed by atoms with van der Waals surface area (Å²) in [5, 5.41) is 5.64. The van der Waals surface area contributed by atoms with E-state index in [1.165, 1.54) is 18.5 Å². The molecular formula is C21H25N3O3. The van der Waals surface area contributed by atoms with E-state index in [0.29, 0.717) is 24.3 Å². The van der Waals surface area contributed by atoms with E-state index in [1.807, 2.05) is 24.3 Å². The second kappa shape index (κ2) is 9.19. The Morgan fingerprint density at radius 3 is 2.11 bits per heavy atom. The van der Waals surface area contributed by atoms with E-state index in [1.54, 1.807) is 31.4 Å². The van der Waals surface area contributed by atoms with Crippen molar-refractivity contribution in [1.29, 1.82) is 0 Å². The quantitative estimate of drug-likeness (QED) is 0.738. The Balaban J connectivity index is 1.56. The second-order valence-electron chi connectivity index (χ2n) is 6.52. The number of nitrogens with zero attached hydrogens (tertiary/aromatic N) is 1. The number of hydrogen-bond donors (Lipinski definition) is 2. The van der Waals surface area contributed by atoms with Crippen LogP contribution in [0, 0.1) is 0 Å². The van der Waals surface area contributed by atoms with E-state index in [2.05, 4.69) is 15.5 Å². The molecular weight excluding hydrogens is 342 g/mol. The number of methoxy groups -OCH3 is 1. The fourth-order valence-electron chi connectivity index (χ4n) is 3.08. The van der Waals surface area contributed by atoms with Gasteiger partial charge in [0.2, 0.25) is 0 Å². The number of benzene rings is 2. The fourth-order valence-corrected chi connectivity index (χ4v) is 3.08. The number of hydrogen-bond acceptors (Lipinski definition) is 4. The number of ether oxygens (including phenoxy) is 1. The van der Waals surface area contributed by atoms with Crippen molar-refractivity contribution in [3.05, 3.63) is 59.7 Å². The average Bonchev–Trinajstić information content (AvgIpc) is 3.23. The van der Waals surface area contributed by atoms with Crippen LogP contribution in [0.15, 0.2) is 48.5 Å². The van der Waals surface area contributed by atoms with Crippen LogP contribution >= 0.6 is 0 Å². The van der Waals surface area contributed by atoms with Gasteiger partial charge in [-0.25, -0.2) is 0 Å². The van der Waals surface area contributed by atoms with Crippen LogP contribution < -0.4 is 15.5 Å². The van der Waals surface area contributed by atoms with Gasteiger partial charge in [0.1, 0.15) is 0 Å². The summed E-state index contributed by atoms with van der Waals surface area (Å²) in [6, 6.07) is 14.5. The Bertz CT molecular complexity index is 766. The highest BCUT2D eigenvalue weighted by Gasteiger charge is 2.13. The Labute approximate surface area is 159 Å². The van der Waals surface area contributed by atoms with Crippen molar-refractivity contribution < 1.29 is 14.3 Å². The predicted octanol–water partition coefficient (Wildman–Crippen LogP) is 2.92. The van der Waals surface area contributed by atoms with Crippen LogP contribution in [-0.4, -0.2) is 45.2 Å². The van der Waals surface area contributed by atoms with Crippen molar-refractivity contribution in [2.75, 3.05) is 43.6 Å². The zero-order chi connectivity index (χ0) is 19.1. The predicted molar refractivity (Wildman–Crippen MR) is 106 cm³/mol. The first-order valence-corrected chi connectivity index (χ1v) is 9.21. The van der Waals surface area contributed by atoms with Crippen molar-refractivity contribution in [3.8, 4) is 0 Å². The summed E-state index contributed by atoms with van der Waals surface area (Å²) in [6.45, 7) is 3.10. The van der Waals surface area contributed by atoms with Gasteiger partial charge in [-0.2, -0.15) is 0 Å². The van der Waals surface area contributed by atoms with Gasteiger partial charge in [-0.1, -0.05) is 0 Å². The van der Waals surface area contributed by atoms with E-state index in [4.69, 9.17) is 4.74 Å². The third-order valence-electron chi connectivity index (χ3n) is 4.60. The van der Waals surface area contributed by atoms with E-state index in [0.717, 1.165) is 18.8 Å². The standard InChI is InChI=1S/C21H25N3O3/c1-27-15-12-22-20(25)16-4-6-17(7-5-16)21(26)23-18-8-10-19(11-9-18)24-13-2-3-14-24/h4-11H,2-3,12-15H2,1H3,(H,22,25)(H,23,26). The average molecular weight is 367 g/mol. The Hall–Kier alpha value is -2.86. The molecule has 0 aromatic heterocycles. The number of carbonyl (C=O) groups is 2. The molecule has 142 valence electrons. The van der Waals surface area contributed by atoms with Crippen LogP contribution in [0.3, 0.4) is 0 Å². The van der Waals surface area contributed by atoms with Crippen LogP contribution in [0.25, 0.3) is 0 Å². The lowest BCUT2D eigenvalue weighted by molar-refractivity contribution is 0.0935. The topological polar surface area (TPSA) is 70.7 Å². The van der Waals surface area contributed by atoms with E-state index >= 15 is 0 Å². The molecule has 0 spiro atoms. The van der Waals surface area contributed by atoms with Crippen LogP contribution in [0.1, 0.15) is 33.6 Å². The summed E-state index contributed by atoms with van der Waals surface area (Å²) in [7, 11) is 1.58. The number of amides is 2. The normalized spacial score (nSPS) is 13.4. The first kappa shape index (κ1) is 18.9. The molecule has 0 unspecified atom stereocenters. The molecule has 0 bridgehead atoms. The van der Waals surface area contributed by atoms with Gasteiger partial charge < -0.3 is 20.3 Å². The molecule has 3 rings (SSSR count). The second-order valence-corrected chi connectivity index (χ2v) is 6.52. The van der Waals surface area contributed by atoms with Crippen LogP contribution in [-0.2, 0) is 4.74 Å². The lowest BCUT2D eigenvalue weighted by atomic mass is 10.1. The lowest BCUT2D eigenvalue weighted by Gasteiger charge is -2.17. The molecule has 0 saturated carbocycles. The molecule has 2 amide bonds. The highest BCUT2D eigenvalue weighted by Crippen LogP contribution is 2.22. The summed E-state index contributed by atoms with van der Waals surface area (Å²) in [6.07, 6.45) is 2.47. The molecule has 0 aliphatic carbocycles. The minimum Gasteiger partial charge on any atom is -0.383 e. The third kappa shape index (κ3) is 5.08. The molecule has 2 aromatic rings. The van der Waals surface area contributed by atoms with Crippen molar-refractivity contribution in [2.24, 2.45) is 0 Å². The van der Waals surface area contributed by atoms with Gasteiger partial charge in [0.25, 0.3) is 11.8 Å². The molecule has 6 nitrogen and oxygen atoms in total. The molecule has 2 aromatic carbocycles. The first-order chi connectivity index (χ1) is 13.2. The van der Waals surface area contributed by atoms with Gasteiger partial charge in [-0.05, 0) is 61.4 Å². The SMILES string of the molecule is COCCNC(=O)c1ccc(C(=O)Nc2ccc(N3CCCC3)cc2)cc1. The van der Waals surface area contributed by atoms with Crippen molar-refractivity contribution in [1.82, 2.24) is 5.32 Å². The fraction of sp³-hybridized carbons (Fsp3) is 0.333. The van der Waals surface area contributed by atoms with Gasteiger partial charge in [-0.15, -0.1) is 0 Å². The molecule has 1 heterocycles. The van der Waals surface area contributed by atoms with Crippen molar-refractivity contribution >= 4 is 23.2 Å². The molecule has 27 heavy (non-hydrogen) atoms. The zero-order valence-electron chi connectivity index (χ0n) is 15.5. The maximum atomic E-state index is 12.4. The summed E-state index contributed by atoms with van der Waals surface area (Å²) in [4.78, 5) is 26.7. The highest BCUT2D eigenvalue weighted by molar-refractivity contribution is 6.05. The molecule has 1 aliphatic heterocycles. The number of rotatable bonds is 7. The van der Waals surface area contributed by atoms with Crippen molar-refractivity contribution in [3.63, 3.8) is 0 Å². The van der Waals surface area contributed by atoms with E-state index < -0.39 is 0 Å². The van der Waals surface area contributed by atoms with Crippen LogP contribution in [0.2, 0.25) is 0 Å². The Morgan fingerprint density at radius 1 is 0.926 bits per heavy atom. The Morgan fingerprint density at radius 2 is 1.52 bits per heavy atom. The number of carbonyl (C=O) groups excluding carboxylic acids is 2. The monoisotopic (exact) mass is 367 g/mol. The summed E-state index contributed by atoms with van der Waals surface area (Å²) < 4.78 is 4.90. The number of nitrogens with one attached hydrogen (secondary N) is 2. The highest BCUT2D eigenvalue weighted by atomic mass is 16.5. The molecule has 1 fully saturated rings. The molecule has 0 radical (unpaired) electrons. The molecule has 1 aliphatic rings. The largest absolute Gasteiger partial charge is 0.383 e. The van der Waals surface area contributed by atoms with E-state index in [9.17, 15) is 9.59 Å². The van der Waals surface area contributed by atoms with Crippen LogP contribution in [0.4, 0.5) is 11.4 Å². The molecule has 0 atom stereocenters. The summed E-state index contributed by atoms with van der Waals surface area (Å²) in [5.41, 5.74) is 2.96. The molecule has 1 saturated heterocycles. The van der Waals surface area contributed by atoms with Crippen LogP contribution in [0.5, 0.6) is 0 Å². The van der Waals surface area contributed by atoms with Gasteiger partial charge >= 0.3 is 0 Å². The molecule has 2 N–H and O–H groups in total. The van der Waals surface area contributed by atoms with Gasteiger partial charge in [-0.3, -0.25) is 9.59 Å². The maximum absolute atomic E-state index is 12.4.